The van der Waals surface area contributed by atoms with E-state index in [2.05, 4.69) is 26.5 Å². The Bertz CT molecular complexity index is 1100. The minimum atomic E-state index is -0.481. The molecule has 0 aliphatic carbocycles. The highest BCUT2D eigenvalue weighted by atomic mass is 79.9. The quantitative estimate of drug-likeness (QED) is 0.235. The van der Waals surface area contributed by atoms with Crippen LogP contribution in [0.3, 0.4) is 0 Å². The van der Waals surface area contributed by atoms with E-state index in [1.165, 1.54) is 6.21 Å². The molecule has 29 heavy (non-hydrogen) atoms. The molecule has 0 heterocycles. The fourth-order valence-corrected chi connectivity index (χ4v) is 3.11. The van der Waals surface area contributed by atoms with E-state index in [9.17, 15) is 9.59 Å². The largest absolute Gasteiger partial charge is 0.422 e. The highest BCUT2D eigenvalue weighted by Gasteiger charge is 2.12. The van der Waals surface area contributed by atoms with E-state index in [1.807, 2.05) is 13.0 Å². The number of hydrazone groups is 1. The van der Waals surface area contributed by atoms with Crippen molar-refractivity contribution in [1.29, 1.82) is 0 Å². The molecular weight excluding hydrogens is 456 g/mol. The smallest absolute Gasteiger partial charge is 0.343 e. The Morgan fingerprint density at radius 3 is 2.62 bits per heavy atom. The highest BCUT2D eigenvalue weighted by Crippen LogP contribution is 2.23. The molecular formula is C22H16BrClN2O3. The van der Waals surface area contributed by atoms with Gasteiger partial charge in [0.2, 0.25) is 0 Å². The standard InChI is InChI=1S/C22H16BrClN2O3/c1-14-5-4-6-15(11-14)22(28)29-20-10-9-17(23)12-16(20)13-25-26-21(27)18-7-2-3-8-19(18)24/h2-13H,1H3,(H,26,27)/b25-13-. The molecule has 0 saturated heterocycles. The van der Waals surface area contributed by atoms with Crippen LogP contribution in [0.25, 0.3) is 0 Å². The lowest BCUT2D eigenvalue weighted by Crippen LogP contribution is -2.18. The summed E-state index contributed by atoms with van der Waals surface area (Å²) >= 11 is 9.39. The van der Waals surface area contributed by atoms with Gasteiger partial charge >= 0.3 is 5.97 Å². The molecule has 3 aromatic rings. The van der Waals surface area contributed by atoms with Crippen LogP contribution >= 0.6 is 27.5 Å². The Morgan fingerprint density at radius 1 is 1.07 bits per heavy atom. The van der Waals surface area contributed by atoms with E-state index in [0.29, 0.717) is 27.5 Å². The zero-order chi connectivity index (χ0) is 20.8. The van der Waals surface area contributed by atoms with E-state index >= 15 is 0 Å². The van der Waals surface area contributed by atoms with E-state index in [4.69, 9.17) is 16.3 Å². The predicted molar refractivity (Wildman–Crippen MR) is 117 cm³/mol. The van der Waals surface area contributed by atoms with Crippen LogP contribution in [-0.4, -0.2) is 18.1 Å². The fourth-order valence-electron chi connectivity index (χ4n) is 2.51. The third-order valence-electron chi connectivity index (χ3n) is 3.92. The zero-order valence-electron chi connectivity index (χ0n) is 15.4. The van der Waals surface area contributed by atoms with Crippen molar-refractivity contribution in [1.82, 2.24) is 5.43 Å². The molecule has 5 nitrogen and oxygen atoms in total. The van der Waals surface area contributed by atoms with Crippen LogP contribution in [0.5, 0.6) is 5.75 Å². The second kappa shape index (κ2) is 9.49. The summed E-state index contributed by atoms with van der Waals surface area (Å²) in [4.78, 5) is 24.6. The van der Waals surface area contributed by atoms with Gasteiger partial charge in [0.15, 0.2) is 0 Å². The summed E-state index contributed by atoms with van der Waals surface area (Å²) in [6.07, 6.45) is 1.40. The van der Waals surface area contributed by atoms with Crippen molar-refractivity contribution in [2.45, 2.75) is 6.92 Å². The maximum absolute atomic E-state index is 12.4. The van der Waals surface area contributed by atoms with Crippen LogP contribution in [0.15, 0.2) is 76.3 Å². The molecule has 0 bridgehead atoms. The van der Waals surface area contributed by atoms with Crippen molar-refractivity contribution in [3.63, 3.8) is 0 Å². The molecule has 0 spiro atoms. The molecule has 3 rings (SSSR count). The van der Waals surface area contributed by atoms with Gasteiger partial charge in [-0.05, 0) is 49.4 Å². The number of hydrogen-bond donors (Lipinski definition) is 1. The second-order valence-electron chi connectivity index (χ2n) is 6.12. The third kappa shape index (κ3) is 5.53. The normalized spacial score (nSPS) is 10.7. The minimum absolute atomic E-state index is 0.312. The molecule has 0 unspecified atom stereocenters. The lowest BCUT2D eigenvalue weighted by Gasteiger charge is -2.08. The first-order valence-corrected chi connectivity index (χ1v) is 9.77. The summed E-state index contributed by atoms with van der Waals surface area (Å²) in [5, 5.41) is 4.29. The lowest BCUT2D eigenvalue weighted by molar-refractivity contribution is 0.0734. The van der Waals surface area contributed by atoms with Crippen LogP contribution < -0.4 is 10.2 Å². The van der Waals surface area contributed by atoms with Crippen molar-refractivity contribution in [3.8, 4) is 5.75 Å². The summed E-state index contributed by atoms with van der Waals surface area (Å²) in [7, 11) is 0. The number of benzene rings is 3. The lowest BCUT2D eigenvalue weighted by atomic mass is 10.1. The average molecular weight is 472 g/mol. The summed E-state index contributed by atoms with van der Waals surface area (Å²) in [6, 6.07) is 18.9. The zero-order valence-corrected chi connectivity index (χ0v) is 17.7. The van der Waals surface area contributed by atoms with E-state index in [-0.39, 0.29) is 0 Å². The molecule has 0 fully saturated rings. The Hall–Kier alpha value is -2.96. The maximum atomic E-state index is 12.4. The SMILES string of the molecule is Cc1cccc(C(=O)Oc2ccc(Br)cc2/C=N\NC(=O)c2ccccc2Cl)c1. The number of halogens is 2. The molecule has 0 aromatic heterocycles. The van der Waals surface area contributed by atoms with Crippen LogP contribution in [0.1, 0.15) is 31.8 Å². The van der Waals surface area contributed by atoms with Crippen LogP contribution in [-0.2, 0) is 0 Å². The van der Waals surface area contributed by atoms with Crippen molar-refractivity contribution in [3.05, 3.63) is 98.5 Å². The monoisotopic (exact) mass is 470 g/mol. The Balaban J connectivity index is 1.76. The summed E-state index contributed by atoms with van der Waals surface area (Å²) < 4.78 is 6.29. The molecule has 0 aliphatic rings. The highest BCUT2D eigenvalue weighted by molar-refractivity contribution is 9.10. The first-order valence-electron chi connectivity index (χ1n) is 8.60. The number of carbonyl (C=O) groups excluding carboxylic acids is 2. The van der Waals surface area contributed by atoms with Gasteiger partial charge in [0.05, 0.1) is 22.4 Å². The van der Waals surface area contributed by atoms with Gasteiger partial charge in [-0.15, -0.1) is 0 Å². The molecule has 0 atom stereocenters. The average Bonchev–Trinajstić information content (AvgIpc) is 2.70. The molecule has 1 N–H and O–H groups in total. The number of rotatable bonds is 5. The molecule has 146 valence electrons. The second-order valence-corrected chi connectivity index (χ2v) is 7.44. The minimum Gasteiger partial charge on any atom is -0.422 e. The molecule has 0 saturated carbocycles. The summed E-state index contributed by atoms with van der Waals surface area (Å²) in [5.74, 6) is -0.610. The number of esters is 1. The molecule has 1 amide bonds. The van der Waals surface area contributed by atoms with Crippen LogP contribution in [0, 0.1) is 6.92 Å². The van der Waals surface area contributed by atoms with E-state index in [0.717, 1.165) is 10.0 Å². The number of hydrogen-bond acceptors (Lipinski definition) is 4. The van der Waals surface area contributed by atoms with Gasteiger partial charge in [0, 0.05) is 10.0 Å². The van der Waals surface area contributed by atoms with Gasteiger partial charge in [-0.3, -0.25) is 4.79 Å². The number of amides is 1. The Kier molecular flexibility index (Phi) is 6.80. The van der Waals surface area contributed by atoms with E-state index < -0.39 is 11.9 Å². The number of ether oxygens (including phenoxy) is 1. The third-order valence-corrected chi connectivity index (χ3v) is 4.74. The topological polar surface area (TPSA) is 67.8 Å². The van der Waals surface area contributed by atoms with Gasteiger partial charge < -0.3 is 4.74 Å². The first-order chi connectivity index (χ1) is 13.9. The number of nitrogens with one attached hydrogen (secondary N) is 1. The number of carbonyl (C=O) groups is 2. The summed E-state index contributed by atoms with van der Waals surface area (Å²) in [6.45, 7) is 1.90. The Labute approximate surface area is 181 Å². The van der Waals surface area contributed by atoms with Gasteiger partial charge in [0.25, 0.3) is 5.91 Å². The summed E-state index contributed by atoms with van der Waals surface area (Å²) in [5.41, 5.74) is 4.65. The van der Waals surface area contributed by atoms with Crippen molar-refractivity contribution >= 4 is 45.6 Å². The number of nitrogens with zero attached hydrogens (tertiary/aromatic N) is 1. The van der Waals surface area contributed by atoms with Gasteiger partial charge in [-0.1, -0.05) is 57.4 Å². The molecule has 0 radical (unpaired) electrons. The number of aryl methyl sites for hydroxylation is 1. The molecule has 3 aromatic carbocycles. The van der Waals surface area contributed by atoms with Crippen molar-refractivity contribution in [2.75, 3.05) is 0 Å². The van der Waals surface area contributed by atoms with Gasteiger partial charge in [0.1, 0.15) is 5.75 Å². The first kappa shape index (κ1) is 20.8. The van der Waals surface area contributed by atoms with E-state index in [1.54, 1.807) is 60.7 Å². The molecule has 7 heteroatoms. The Morgan fingerprint density at radius 2 is 1.86 bits per heavy atom. The fraction of sp³-hybridized carbons (Fsp3) is 0.0455. The van der Waals surface area contributed by atoms with Gasteiger partial charge in [-0.25, -0.2) is 10.2 Å². The predicted octanol–water partition coefficient (Wildman–Crippen LogP) is 5.39. The van der Waals surface area contributed by atoms with Crippen molar-refractivity contribution in [2.24, 2.45) is 5.10 Å². The molecule has 0 aliphatic heterocycles. The van der Waals surface area contributed by atoms with Crippen LogP contribution in [0.4, 0.5) is 0 Å². The maximum Gasteiger partial charge on any atom is 0.343 e. The van der Waals surface area contributed by atoms with Gasteiger partial charge in [-0.2, -0.15) is 5.10 Å². The van der Waals surface area contributed by atoms with Crippen LogP contribution in [0.2, 0.25) is 5.02 Å². The van der Waals surface area contributed by atoms with Crippen molar-refractivity contribution < 1.29 is 14.3 Å².